The lowest BCUT2D eigenvalue weighted by Gasteiger charge is -2.42. The van der Waals surface area contributed by atoms with Crippen LogP contribution >= 0.6 is 11.6 Å². The molecule has 2 fully saturated rings. The topological polar surface area (TPSA) is 52.6 Å². The van der Waals surface area contributed by atoms with E-state index in [4.69, 9.17) is 21.6 Å². The van der Waals surface area contributed by atoms with Crippen LogP contribution in [0.2, 0.25) is 0 Å². The standard InChI is InChI=1S/C30H34ClF2N5O/c1-6-25(39)38-13-12-36(14-18(38)4)30-23-11-10-22(26-21(19(5)31)8-7-9-24(26)32)27(33)28(23)34-29(35-30)20-15-37(16-20)17(2)3/h6-11,17-20H,1,12-16H2,2-5H3. The number of fused-ring (bicyclic) bond motifs is 1. The van der Waals surface area contributed by atoms with Gasteiger partial charge in [-0.05, 0) is 51.5 Å². The fraction of sp³-hybridized carbons (Fsp3) is 0.433. The molecule has 0 radical (unpaired) electrons. The van der Waals surface area contributed by atoms with Gasteiger partial charge in [0.05, 0.1) is 5.38 Å². The van der Waals surface area contributed by atoms with Crippen molar-refractivity contribution in [3.63, 3.8) is 0 Å². The van der Waals surface area contributed by atoms with Gasteiger partial charge in [0.15, 0.2) is 5.82 Å². The molecule has 1 aromatic heterocycles. The van der Waals surface area contributed by atoms with Gasteiger partial charge in [-0.25, -0.2) is 18.7 Å². The highest BCUT2D eigenvalue weighted by molar-refractivity contribution is 6.21. The van der Waals surface area contributed by atoms with Gasteiger partial charge in [-0.3, -0.25) is 9.69 Å². The third-order valence-electron chi connectivity index (χ3n) is 7.94. The van der Waals surface area contributed by atoms with Crippen LogP contribution in [0, 0.1) is 11.6 Å². The number of alkyl halides is 1. The van der Waals surface area contributed by atoms with Crippen LogP contribution in [-0.4, -0.2) is 70.5 Å². The maximum atomic E-state index is 16.4. The second-order valence-electron chi connectivity index (χ2n) is 10.8. The first-order chi connectivity index (χ1) is 18.6. The van der Waals surface area contributed by atoms with Crippen LogP contribution in [0.1, 0.15) is 50.4 Å². The molecule has 0 spiro atoms. The van der Waals surface area contributed by atoms with Gasteiger partial charge in [0.1, 0.15) is 23.0 Å². The second-order valence-corrected chi connectivity index (χ2v) is 11.5. The molecule has 2 saturated heterocycles. The number of carbonyl (C=O) groups excluding carboxylic acids is 1. The summed E-state index contributed by atoms with van der Waals surface area (Å²) in [5.41, 5.74) is 0.976. The number of halogens is 3. The molecule has 0 bridgehead atoms. The van der Waals surface area contributed by atoms with Crippen LogP contribution in [0.15, 0.2) is 43.0 Å². The number of anilines is 1. The van der Waals surface area contributed by atoms with Crippen molar-refractivity contribution in [1.29, 1.82) is 0 Å². The Morgan fingerprint density at radius 1 is 1.10 bits per heavy atom. The lowest BCUT2D eigenvalue weighted by Crippen LogP contribution is -2.54. The quantitative estimate of drug-likeness (QED) is 0.281. The fourth-order valence-electron chi connectivity index (χ4n) is 5.63. The van der Waals surface area contributed by atoms with Crippen molar-refractivity contribution in [1.82, 2.24) is 19.8 Å². The number of aromatic nitrogens is 2. The Hall–Kier alpha value is -3.10. The van der Waals surface area contributed by atoms with Crippen LogP contribution in [0.5, 0.6) is 0 Å². The first-order valence-corrected chi connectivity index (χ1v) is 13.9. The molecule has 3 heterocycles. The smallest absolute Gasteiger partial charge is 0.246 e. The van der Waals surface area contributed by atoms with Crippen LogP contribution < -0.4 is 4.90 Å². The van der Waals surface area contributed by atoms with E-state index < -0.39 is 17.0 Å². The summed E-state index contributed by atoms with van der Waals surface area (Å²) in [6, 6.07) is 8.31. The number of likely N-dealkylation sites (tertiary alicyclic amines) is 1. The second kappa shape index (κ2) is 10.8. The monoisotopic (exact) mass is 553 g/mol. The van der Waals surface area contributed by atoms with E-state index in [9.17, 15) is 4.79 Å². The molecule has 0 saturated carbocycles. The summed E-state index contributed by atoms with van der Waals surface area (Å²) in [6.07, 6.45) is 1.33. The SMILES string of the molecule is C=CC(=O)N1CCN(c2nc(C3CN(C(C)C)C3)nc3c(F)c(-c4c(F)cccc4C(C)Cl)ccc23)CC1C. The Labute approximate surface area is 233 Å². The summed E-state index contributed by atoms with van der Waals surface area (Å²) >= 11 is 6.36. The van der Waals surface area contributed by atoms with Gasteiger partial charge in [0.2, 0.25) is 5.91 Å². The Bertz CT molecular complexity index is 1420. The van der Waals surface area contributed by atoms with E-state index in [1.165, 1.54) is 12.1 Å². The molecule has 2 unspecified atom stereocenters. The predicted octanol–water partition coefficient (Wildman–Crippen LogP) is 5.91. The molecular formula is C30H34ClF2N5O. The zero-order valence-electron chi connectivity index (χ0n) is 22.8. The summed E-state index contributed by atoms with van der Waals surface area (Å²) in [6.45, 7) is 14.8. The molecule has 1 amide bonds. The minimum absolute atomic E-state index is 0.0755. The van der Waals surface area contributed by atoms with Crippen LogP contribution in [0.3, 0.4) is 0 Å². The highest BCUT2D eigenvalue weighted by atomic mass is 35.5. The minimum Gasteiger partial charge on any atom is -0.352 e. The molecule has 0 aliphatic carbocycles. The number of amides is 1. The average molecular weight is 554 g/mol. The van der Waals surface area contributed by atoms with Gasteiger partial charge < -0.3 is 9.80 Å². The van der Waals surface area contributed by atoms with E-state index in [2.05, 4.69) is 30.2 Å². The Kier molecular flexibility index (Phi) is 7.62. The summed E-state index contributed by atoms with van der Waals surface area (Å²) in [7, 11) is 0. The lowest BCUT2D eigenvalue weighted by atomic mass is 9.94. The zero-order valence-corrected chi connectivity index (χ0v) is 23.6. The van der Waals surface area contributed by atoms with Crippen LogP contribution in [-0.2, 0) is 4.79 Å². The van der Waals surface area contributed by atoms with Gasteiger partial charge in [-0.15, -0.1) is 11.6 Å². The maximum absolute atomic E-state index is 16.4. The third-order valence-corrected chi connectivity index (χ3v) is 8.17. The van der Waals surface area contributed by atoms with E-state index in [-0.39, 0.29) is 34.5 Å². The molecule has 6 nitrogen and oxygen atoms in total. The van der Waals surface area contributed by atoms with Crippen LogP contribution in [0.4, 0.5) is 14.6 Å². The normalized spacial score (nSPS) is 19.4. The van der Waals surface area contributed by atoms with E-state index in [0.717, 1.165) is 13.1 Å². The van der Waals surface area contributed by atoms with Gasteiger partial charge >= 0.3 is 0 Å². The molecule has 2 aliphatic heterocycles. The van der Waals surface area contributed by atoms with Gasteiger partial charge in [0.25, 0.3) is 0 Å². The molecule has 0 N–H and O–H groups in total. The first kappa shape index (κ1) is 27.5. The molecule has 3 aromatic rings. The molecule has 2 atom stereocenters. The van der Waals surface area contributed by atoms with Gasteiger partial charge in [-0.2, -0.15) is 0 Å². The Morgan fingerprint density at radius 3 is 2.49 bits per heavy atom. The van der Waals surface area contributed by atoms with E-state index in [1.807, 2.05) is 6.92 Å². The molecule has 39 heavy (non-hydrogen) atoms. The number of benzene rings is 2. The van der Waals surface area contributed by atoms with Gasteiger partial charge in [-0.1, -0.05) is 24.8 Å². The largest absolute Gasteiger partial charge is 0.352 e. The molecular weight excluding hydrogens is 520 g/mol. The number of hydrogen-bond acceptors (Lipinski definition) is 5. The maximum Gasteiger partial charge on any atom is 0.246 e. The van der Waals surface area contributed by atoms with Crippen LogP contribution in [0.25, 0.3) is 22.0 Å². The van der Waals surface area contributed by atoms with Crippen molar-refractivity contribution in [2.45, 2.75) is 51.1 Å². The minimum atomic E-state index is -0.588. The molecule has 2 aliphatic rings. The highest BCUT2D eigenvalue weighted by Gasteiger charge is 2.34. The highest BCUT2D eigenvalue weighted by Crippen LogP contribution is 2.39. The van der Waals surface area contributed by atoms with E-state index in [1.54, 1.807) is 36.1 Å². The summed E-state index contributed by atoms with van der Waals surface area (Å²) in [4.78, 5) is 28.2. The van der Waals surface area contributed by atoms with Crippen molar-refractivity contribution < 1.29 is 13.6 Å². The summed E-state index contributed by atoms with van der Waals surface area (Å²) in [5, 5.41) is 0.0583. The van der Waals surface area contributed by atoms with Crippen molar-refractivity contribution in [2.75, 3.05) is 37.6 Å². The average Bonchev–Trinajstić information content (AvgIpc) is 2.87. The number of hydrogen-bond donors (Lipinski definition) is 0. The predicted molar refractivity (Wildman–Crippen MR) is 152 cm³/mol. The van der Waals surface area contributed by atoms with Crippen molar-refractivity contribution in [3.05, 3.63) is 66.0 Å². The molecule has 9 heteroatoms. The molecule has 206 valence electrons. The fourth-order valence-corrected chi connectivity index (χ4v) is 5.81. The summed E-state index contributed by atoms with van der Waals surface area (Å²) in [5.74, 6) is 0.0727. The number of rotatable bonds is 6. The van der Waals surface area contributed by atoms with Crippen molar-refractivity contribution in [3.8, 4) is 11.1 Å². The first-order valence-electron chi connectivity index (χ1n) is 13.5. The number of nitrogens with zero attached hydrogens (tertiary/aromatic N) is 5. The number of carbonyl (C=O) groups is 1. The number of piperazine rings is 1. The Morgan fingerprint density at radius 2 is 1.85 bits per heavy atom. The van der Waals surface area contributed by atoms with Crippen molar-refractivity contribution in [2.24, 2.45) is 0 Å². The molecule has 5 rings (SSSR count). The van der Waals surface area contributed by atoms with E-state index >= 15 is 8.78 Å². The third kappa shape index (κ3) is 5.00. The van der Waals surface area contributed by atoms with Gasteiger partial charge in [0, 0.05) is 67.2 Å². The summed E-state index contributed by atoms with van der Waals surface area (Å²) < 4.78 is 31.5. The zero-order chi connectivity index (χ0) is 28.0. The molecule has 2 aromatic carbocycles. The van der Waals surface area contributed by atoms with Crippen molar-refractivity contribution >= 4 is 34.2 Å². The lowest BCUT2D eigenvalue weighted by molar-refractivity contribution is -0.128. The van der Waals surface area contributed by atoms with E-state index in [0.29, 0.717) is 48.3 Å². The Balaban J connectivity index is 1.63.